The van der Waals surface area contributed by atoms with Crippen molar-refractivity contribution in [2.75, 3.05) is 41.0 Å². The number of amides is 1. The zero-order valence-electron chi connectivity index (χ0n) is 20.9. The van der Waals surface area contributed by atoms with Crippen LogP contribution in [-0.4, -0.2) is 64.4 Å². The van der Waals surface area contributed by atoms with Gasteiger partial charge in [-0.25, -0.2) is 0 Å². The molecule has 3 atom stereocenters. The second-order valence-corrected chi connectivity index (χ2v) is 9.45. The van der Waals surface area contributed by atoms with Crippen molar-refractivity contribution < 1.29 is 19.0 Å². The maximum Gasteiger partial charge on any atom is 0.251 e. The van der Waals surface area contributed by atoms with E-state index in [0.29, 0.717) is 30.2 Å². The quantitative estimate of drug-likeness (QED) is 0.380. The van der Waals surface area contributed by atoms with Gasteiger partial charge in [0.1, 0.15) is 17.7 Å². The Hall–Kier alpha value is -3.01. The van der Waals surface area contributed by atoms with Gasteiger partial charge in [-0.3, -0.25) is 15.1 Å². The highest BCUT2D eigenvalue weighted by molar-refractivity contribution is 6.21. The smallest absolute Gasteiger partial charge is 0.251 e. The molecule has 2 aliphatic heterocycles. The van der Waals surface area contributed by atoms with E-state index in [0.717, 1.165) is 48.7 Å². The normalized spacial score (nSPS) is 21.3. The molecular weight excluding hydrogens is 482 g/mol. The molecule has 2 heterocycles. The van der Waals surface area contributed by atoms with Crippen molar-refractivity contribution in [3.8, 4) is 11.5 Å². The maximum absolute atomic E-state index is 13.2. The number of hydrogen-bond acceptors (Lipinski definition) is 8. The molecule has 0 aromatic heterocycles. The van der Waals surface area contributed by atoms with Gasteiger partial charge in [0.25, 0.3) is 5.91 Å². The third kappa shape index (κ3) is 6.60. The fraction of sp³-hybridized carbons (Fsp3) is 0.462. The lowest BCUT2D eigenvalue weighted by Gasteiger charge is -2.33. The number of nitrogens with one attached hydrogen (secondary N) is 4. The first-order chi connectivity index (χ1) is 17.5. The number of carbonyl (C=O) groups is 1. The molecule has 2 aromatic carbocycles. The highest BCUT2D eigenvalue weighted by Crippen LogP contribution is 2.30. The molecule has 0 bridgehead atoms. The second-order valence-electron chi connectivity index (χ2n) is 8.89. The molecule has 36 heavy (non-hydrogen) atoms. The number of nitrogens with zero attached hydrogens (tertiary/aromatic N) is 1. The molecule has 0 radical (unpaired) electrons. The van der Waals surface area contributed by atoms with E-state index in [9.17, 15) is 4.79 Å². The van der Waals surface area contributed by atoms with Gasteiger partial charge in [-0.1, -0.05) is 6.07 Å². The van der Waals surface area contributed by atoms with Crippen LogP contribution in [0.4, 0.5) is 0 Å². The summed E-state index contributed by atoms with van der Waals surface area (Å²) in [5.74, 6) is 2.13. The van der Waals surface area contributed by atoms with E-state index >= 15 is 0 Å². The third-order valence-electron chi connectivity index (χ3n) is 6.40. The number of guanidine groups is 1. The van der Waals surface area contributed by atoms with Crippen molar-refractivity contribution in [2.45, 2.75) is 37.0 Å². The maximum atomic E-state index is 13.2. The number of alkyl halides is 1. The Kier molecular flexibility index (Phi) is 8.90. The summed E-state index contributed by atoms with van der Waals surface area (Å²) in [6.45, 7) is 3.21. The Bertz CT molecular complexity index is 1070. The molecule has 3 unspecified atom stereocenters. The summed E-state index contributed by atoms with van der Waals surface area (Å²) < 4.78 is 16.1. The van der Waals surface area contributed by atoms with Crippen LogP contribution in [0.3, 0.4) is 0 Å². The molecule has 10 heteroatoms. The van der Waals surface area contributed by atoms with Crippen LogP contribution in [-0.2, 0) is 17.8 Å². The minimum atomic E-state index is -0.179. The number of hydrogen-bond donors (Lipinski definition) is 4. The zero-order valence-corrected chi connectivity index (χ0v) is 21.7. The van der Waals surface area contributed by atoms with E-state index in [1.54, 1.807) is 27.4 Å². The van der Waals surface area contributed by atoms with Crippen molar-refractivity contribution in [1.82, 2.24) is 21.3 Å². The first kappa shape index (κ1) is 26.1. The summed E-state index contributed by atoms with van der Waals surface area (Å²) >= 11 is 6.56. The SMILES string of the molecule is COc1cc(CNC(=O)c2cc(CNC3=NCCN3)cc(C3CNC(OC)C(Cl)C3)c2)cc(OC)c1. The van der Waals surface area contributed by atoms with E-state index in [1.165, 1.54) is 0 Å². The number of benzene rings is 2. The lowest BCUT2D eigenvalue weighted by molar-refractivity contribution is 0.0512. The predicted molar refractivity (Wildman–Crippen MR) is 140 cm³/mol. The number of aliphatic imine (C=N–C) groups is 1. The van der Waals surface area contributed by atoms with Gasteiger partial charge in [-0.15, -0.1) is 11.6 Å². The summed E-state index contributed by atoms with van der Waals surface area (Å²) in [5.41, 5.74) is 3.55. The number of carbonyl (C=O) groups excluding carboxylic acids is 1. The van der Waals surface area contributed by atoms with Crippen molar-refractivity contribution in [3.63, 3.8) is 0 Å². The highest BCUT2D eigenvalue weighted by atomic mass is 35.5. The number of piperidine rings is 1. The van der Waals surface area contributed by atoms with E-state index in [1.807, 2.05) is 24.3 Å². The van der Waals surface area contributed by atoms with Gasteiger partial charge in [-0.05, 0) is 53.3 Å². The van der Waals surface area contributed by atoms with E-state index in [-0.39, 0.29) is 23.4 Å². The van der Waals surface area contributed by atoms with Crippen LogP contribution in [0, 0.1) is 0 Å². The lowest BCUT2D eigenvalue weighted by atomic mass is 9.88. The zero-order chi connectivity index (χ0) is 25.5. The van der Waals surface area contributed by atoms with Gasteiger partial charge < -0.3 is 30.2 Å². The van der Waals surface area contributed by atoms with Crippen LogP contribution in [0.2, 0.25) is 0 Å². The number of methoxy groups -OCH3 is 3. The monoisotopic (exact) mass is 515 g/mol. The largest absolute Gasteiger partial charge is 0.497 e. The molecule has 194 valence electrons. The lowest BCUT2D eigenvalue weighted by Crippen LogP contribution is -2.46. The van der Waals surface area contributed by atoms with Crippen LogP contribution < -0.4 is 30.7 Å². The molecule has 4 N–H and O–H groups in total. The van der Waals surface area contributed by atoms with Gasteiger partial charge in [0, 0.05) is 44.9 Å². The first-order valence-corrected chi connectivity index (χ1v) is 12.5. The molecule has 0 spiro atoms. The van der Waals surface area contributed by atoms with Gasteiger partial charge in [0.05, 0.1) is 26.1 Å². The van der Waals surface area contributed by atoms with Crippen molar-refractivity contribution >= 4 is 23.5 Å². The van der Waals surface area contributed by atoms with Crippen LogP contribution in [0.5, 0.6) is 11.5 Å². The minimum Gasteiger partial charge on any atom is -0.497 e. The molecular formula is C26H34ClN5O4. The summed E-state index contributed by atoms with van der Waals surface area (Å²) in [7, 11) is 4.86. The summed E-state index contributed by atoms with van der Waals surface area (Å²) in [5, 5.41) is 12.8. The number of rotatable bonds is 9. The van der Waals surface area contributed by atoms with Crippen molar-refractivity contribution in [3.05, 3.63) is 58.7 Å². The topological polar surface area (TPSA) is 105 Å². The van der Waals surface area contributed by atoms with Gasteiger partial charge in [-0.2, -0.15) is 0 Å². The molecule has 4 rings (SSSR count). The average molecular weight is 516 g/mol. The van der Waals surface area contributed by atoms with Gasteiger partial charge in [0.2, 0.25) is 0 Å². The van der Waals surface area contributed by atoms with Crippen LogP contribution in [0.1, 0.15) is 39.4 Å². The summed E-state index contributed by atoms with van der Waals surface area (Å²) in [6, 6.07) is 11.6. The highest BCUT2D eigenvalue weighted by Gasteiger charge is 2.30. The second kappa shape index (κ2) is 12.3. The molecule has 2 aromatic rings. The van der Waals surface area contributed by atoms with E-state index in [2.05, 4.69) is 32.3 Å². The molecule has 9 nitrogen and oxygen atoms in total. The predicted octanol–water partition coefficient (Wildman–Crippen LogP) is 2.34. The fourth-order valence-corrected chi connectivity index (χ4v) is 4.90. The molecule has 0 aliphatic carbocycles. The van der Waals surface area contributed by atoms with Crippen LogP contribution >= 0.6 is 11.6 Å². The van der Waals surface area contributed by atoms with Gasteiger partial charge >= 0.3 is 0 Å². The molecule has 2 aliphatic rings. The first-order valence-electron chi connectivity index (χ1n) is 12.1. The van der Waals surface area contributed by atoms with Crippen molar-refractivity contribution in [2.24, 2.45) is 4.99 Å². The summed E-state index contributed by atoms with van der Waals surface area (Å²) in [6.07, 6.45) is 0.574. The van der Waals surface area contributed by atoms with Crippen LogP contribution in [0.25, 0.3) is 0 Å². The fourth-order valence-electron chi connectivity index (χ4n) is 4.49. The van der Waals surface area contributed by atoms with Crippen molar-refractivity contribution in [1.29, 1.82) is 0 Å². The number of ether oxygens (including phenoxy) is 3. The molecule has 1 amide bonds. The Morgan fingerprint density at radius 2 is 1.81 bits per heavy atom. The number of halogens is 1. The Labute approximate surface area is 216 Å². The van der Waals surface area contributed by atoms with Crippen LogP contribution in [0.15, 0.2) is 41.4 Å². The third-order valence-corrected chi connectivity index (χ3v) is 6.81. The average Bonchev–Trinajstić information content (AvgIpc) is 3.44. The Morgan fingerprint density at radius 3 is 2.44 bits per heavy atom. The van der Waals surface area contributed by atoms with E-state index in [4.69, 9.17) is 25.8 Å². The molecule has 1 fully saturated rings. The molecule has 1 saturated heterocycles. The Balaban J connectivity index is 1.52. The summed E-state index contributed by atoms with van der Waals surface area (Å²) in [4.78, 5) is 17.6. The Morgan fingerprint density at radius 1 is 1.06 bits per heavy atom. The van der Waals surface area contributed by atoms with E-state index < -0.39 is 0 Å². The van der Waals surface area contributed by atoms with Gasteiger partial charge in [0.15, 0.2) is 5.96 Å². The minimum absolute atomic E-state index is 0.155. The standard InChI is InChI=1S/C26H34ClN5O4/c1-34-21-8-17(9-22(12-21)35-2)13-30-24(33)19-7-16(14-32-26-28-4-5-29-26)6-18(10-19)20-11-23(27)25(36-3)31-15-20/h6-10,12,20,23,25,31H,4-5,11,13-15H2,1-3H3,(H,30,33)(H2,28,29,32). The molecule has 0 saturated carbocycles.